The minimum Gasteiger partial charge on any atom is -0.375 e. The summed E-state index contributed by atoms with van der Waals surface area (Å²) in [5.41, 5.74) is 7.78. The molecule has 0 aliphatic carbocycles. The molecule has 0 amide bonds. The van der Waals surface area contributed by atoms with Gasteiger partial charge >= 0.3 is 0 Å². The molecule has 0 aromatic heterocycles. The van der Waals surface area contributed by atoms with Crippen LogP contribution in [0.15, 0.2) is 24.3 Å². The van der Waals surface area contributed by atoms with Gasteiger partial charge in [0.1, 0.15) is 5.54 Å². The third-order valence-electron chi connectivity index (χ3n) is 3.44. The van der Waals surface area contributed by atoms with Crippen LogP contribution in [-0.4, -0.2) is 19.1 Å². The SMILES string of the molecule is CCC(N)(C#N)CCCN(C)c1ccc(C)cc1. The molecule has 2 N–H and O–H groups in total. The number of nitrogens with zero attached hydrogens (tertiary/aromatic N) is 2. The Labute approximate surface area is 110 Å². The first-order chi connectivity index (χ1) is 8.50. The third kappa shape index (κ3) is 4.05. The number of benzene rings is 1. The van der Waals surface area contributed by atoms with E-state index in [9.17, 15) is 0 Å². The van der Waals surface area contributed by atoms with Crippen LogP contribution in [0.2, 0.25) is 0 Å². The van der Waals surface area contributed by atoms with Crippen molar-refractivity contribution in [3.8, 4) is 6.07 Å². The van der Waals surface area contributed by atoms with E-state index >= 15 is 0 Å². The Morgan fingerprint density at radius 1 is 1.33 bits per heavy atom. The van der Waals surface area contributed by atoms with Crippen LogP contribution in [0.25, 0.3) is 0 Å². The Morgan fingerprint density at radius 2 is 1.94 bits per heavy atom. The second kappa shape index (κ2) is 6.42. The van der Waals surface area contributed by atoms with Crippen molar-refractivity contribution in [3.05, 3.63) is 29.8 Å². The van der Waals surface area contributed by atoms with Crippen LogP contribution < -0.4 is 10.6 Å². The zero-order chi connectivity index (χ0) is 13.6. The predicted octanol–water partition coefficient (Wildman–Crippen LogP) is 2.84. The summed E-state index contributed by atoms with van der Waals surface area (Å²) < 4.78 is 0. The number of nitriles is 1. The highest BCUT2D eigenvalue weighted by Gasteiger charge is 2.21. The van der Waals surface area contributed by atoms with Crippen LogP contribution in [0.1, 0.15) is 31.7 Å². The molecule has 3 heteroatoms. The first kappa shape index (κ1) is 14.5. The van der Waals surface area contributed by atoms with Crippen molar-refractivity contribution >= 4 is 5.69 Å². The van der Waals surface area contributed by atoms with Gasteiger partial charge in [0.05, 0.1) is 6.07 Å². The molecule has 98 valence electrons. The van der Waals surface area contributed by atoms with Gasteiger partial charge in [0, 0.05) is 19.3 Å². The summed E-state index contributed by atoms with van der Waals surface area (Å²) in [6.07, 6.45) is 2.39. The van der Waals surface area contributed by atoms with Crippen LogP contribution in [0.4, 0.5) is 5.69 Å². The number of aryl methyl sites for hydroxylation is 1. The molecule has 0 aliphatic rings. The van der Waals surface area contributed by atoms with E-state index < -0.39 is 5.54 Å². The van der Waals surface area contributed by atoms with Crippen molar-refractivity contribution in [2.75, 3.05) is 18.5 Å². The average Bonchev–Trinajstić information content (AvgIpc) is 2.39. The second-order valence-electron chi connectivity index (χ2n) is 4.98. The van der Waals surface area contributed by atoms with Gasteiger partial charge in [-0.3, -0.25) is 0 Å². The maximum Gasteiger partial charge on any atom is 0.104 e. The molecule has 1 aromatic carbocycles. The van der Waals surface area contributed by atoms with E-state index in [1.807, 2.05) is 6.92 Å². The molecule has 1 unspecified atom stereocenters. The summed E-state index contributed by atoms with van der Waals surface area (Å²) in [6.45, 7) is 4.97. The van der Waals surface area contributed by atoms with Gasteiger partial charge in [-0.1, -0.05) is 24.6 Å². The zero-order valence-corrected chi connectivity index (χ0v) is 11.6. The van der Waals surface area contributed by atoms with Gasteiger partial charge in [-0.2, -0.15) is 5.26 Å². The van der Waals surface area contributed by atoms with Gasteiger partial charge in [-0.15, -0.1) is 0 Å². The van der Waals surface area contributed by atoms with Crippen LogP contribution in [0.3, 0.4) is 0 Å². The number of nitrogens with two attached hydrogens (primary N) is 1. The molecule has 18 heavy (non-hydrogen) atoms. The van der Waals surface area contributed by atoms with E-state index in [0.29, 0.717) is 6.42 Å². The standard InChI is InChI=1S/C15H23N3/c1-4-15(17,12-16)10-5-11-18(3)14-8-6-13(2)7-9-14/h6-9H,4-5,10-11,17H2,1-3H3. The van der Waals surface area contributed by atoms with E-state index in [1.54, 1.807) is 0 Å². The van der Waals surface area contributed by atoms with Gasteiger partial charge in [0.2, 0.25) is 0 Å². The lowest BCUT2D eigenvalue weighted by Crippen LogP contribution is -2.38. The molecule has 0 aliphatic heterocycles. The molecule has 0 heterocycles. The Kier molecular flexibility index (Phi) is 5.18. The van der Waals surface area contributed by atoms with Gasteiger partial charge in [-0.25, -0.2) is 0 Å². The van der Waals surface area contributed by atoms with Crippen molar-refractivity contribution in [3.63, 3.8) is 0 Å². The summed E-state index contributed by atoms with van der Waals surface area (Å²) in [6, 6.07) is 10.7. The fraction of sp³-hybridized carbons (Fsp3) is 0.533. The topological polar surface area (TPSA) is 53.1 Å². The minimum absolute atomic E-state index is 0.659. The Balaban J connectivity index is 2.45. The van der Waals surface area contributed by atoms with Crippen molar-refractivity contribution in [1.82, 2.24) is 0 Å². The van der Waals surface area contributed by atoms with E-state index in [2.05, 4.69) is 49.2 Å². The molecule has 0 spiro atoms. The maximum atomic E-state index is 9.01. The van der Waals surface area contributed by atoms with Crippen LogP contribution in [-0.2, 0) is 0 Å². The van der Waals surface area contributed by atoms with Crippen molar-refractivity contribution in [2.24, 2.45) is 5.73 Å². The van der Waals surface area contributed by atoms with E-state index in [-0.39, 0.29) is 0 Å². The smallest absolute Gasteiger partial charge is 0.104 e. The van der Waals surface area contributed by atoms with Crippen LogP contribution in [0.5, 0.6) is 0 Å². The summed E-state index contributed by atoms with van der Waals surface area (Å²) >= 11 is 0. The quantitative estimate of drug-likeness (QED) is 0.838. The molecule has 0 saturated carbocycles. The summed E-state index contributed by atoms with van der Waals surface area (Å²) in [4.78, 5) is 2.20. The summed E-state index contributed by atoms with van der Waals surface area (Å²) in [7, 11) is 2.07. The molecule has 1 rings (SSSR count). The lowest BCUT2D eigenvalue weighted by atomic mass is 9.93. The summed E-state index contributed by atoms with van der Waals surface area (Å²) in [5.74, 6) is 0. The molecule has 0 radical (unpaired) electrons. The van der Waals surface area contributed by atoms with Gasteiger partial charge in [0.25, 0.3) is 0 Å². The number of anilines is 1. The Hall–Kier alpha value is -1.53. The van der Waals surface area contributed by atoms with Gasteiger partial charge < -0.3 is 10.6 Å². The van der Waals surface area contributed by atoms with Crippen molar-refractivity contribution in [2.45, 2.75) is 38.6 Å². The van der Waals surface area contributed by atoms with Crippen LogP contribution in [0, 0.1) is 18.3 Å². The molecule has 1 aromatic rings. The molecular formula is C15H23N3. The first-order valence-electron chi connectivity index (χ1n) is 6.48. The molecule has 3 nitrogen and oxygen atoms in total. The number of rotatable bonds is 6. The van der Waals surface area contributed by atoms with E-state index in [1.165, 1.54) is 11.3 Å². The highest BCUT2D eigenvalue weighted by Crippen LogP contribution is 2.17. The average molecular weight is 245 g/mol. The fourth-order valence-electron chi connectivity index (χ4n) is 1.87. The molecule has 0 saturated heterocycles. The molecular weight excluding hydrogens is 222 g/mol. The second-order valence-corrected chi connectivity index (χ2v) is 4.98. The lowest BCUT2D eigenvalue weighted by molar-refractivity contribution is 0.467. The van der Waals surface area contributed by atoms with E-state index in [0.717, 1.165) is 19.4 Å². The molecule has 0 bridgehead atoms. The predicted molar refractivity (Wildman–Crippen MR) is 76.5 cm³/mol. The lowest BCUT2D eigenvalue weighted by Gasteiger charge is -2.23. The maximum absolute atomic E-state index is 9.01. The number of hydrogen-bond acceptors (Lipinski definition) is 3. The normalized spacial score (nSPS) is 13.7. The molecule has 1 atom stereocenters. The number of hydrogen-bond donors (Lipinski definition) is 1. The minimum atomic E-state index is -0.659. The van der Waals surface area contributed by atoms with Gasteiger partial charge in [0.15, 0.2) is 0 Å². The summed E-state index contributed by atoms with van der Waals surface area (Å²) in [5, 5.41) is 9.01. The van der Waals surface area contributed by atoms with E-state index in [4.69, 9.17) is 11.0 Å². The monoisotopic (exact) mass is 245 g/mol. The highest BCUT2D eigenvalue weighted by molar-refractivity contribution is 5.46. The fourth-order valence-corrected chi connectivity index (χ4v) is 1.87. The molecule has 0 fully saturated rings. The first-order valence-corrected chi connectivity index (χ1v) is 6.48. The van der Waals surface area contributed by atoms with Crippen molar-refractivity contribution in [1.29, 1.82) is 5.26 Å². The van der Waals surface area contributed by atoms with Gasteiger partial charge in [-0.05, 0) is 38.3 Å². The van der Waals surface area contributed by atoms with Crippen molar-refractivity contribution < 1.29 is 0 Å². The van der Waals surface area contributed by atoms with Crippen LogP contribution >= 0.6 is 0 Å². The highest BCUT2D eigenvalue weighted by atomic mass is 15.1. The Morgan fingerprint density at radius 3 is 2.44 bits per heavy atom. The largest absolute Gasteiger partial charge is 0.375 e. The third-order valence-corrected chi connectivity index (χ3v) is 3.44. The Bertz CT molecular complexity index is 405. The zero-order valence-electron chi connectivity index (χ0n) is 11.6.